The fourth-order valence-corrected chi connectivity index (χ4v) is 4.80. The SMILES string of the molecule is CN(Cc1cccs1)C(=O)c1ccccc1SCc1cccs1. The number of thioether (sulfide) groups is 1. The molecular weight excluding hydrogens is 342 g/mol. The van der Waals surface area contributed by atoms with Gasteiger partial charge in [-0.15, -0.1) is 34.4 Å². The molecule has 0 atom stereocenters. The van der Waals surface area contributed by atoms with E-state index in [2.05, 4.69) is 23.6 Å². The molecule has 2 nitrogen and oxygen atoms in total. The predicted molar refractivity (Wildman–Crippen MR) is 100 cm³/mol. The maximum Gasteiger partial charge on any atom is 0.255 e. The van der Waals surface area contributed by atoms with Gasteiger partial charge < -0.3 is 4.90 Å². The zero-order valence-electron chi connectivity index (χ0n) is 12.8. The number of hydrogen-bond acceptors (Lipinski definition) is 4. The molecule has 0 unspecified atom stereocenters. The van der Waals surface area contributed by atoms with E-state index in [1.807, 2.05) is 42.8 Å². The molecule has 3 rings (SSSR count). The first-order chi connectivity index (χ1) is 11.2. The summed E-state index contributed by atoms with van der Waals surface area (Å²) in [5.41, 5.74) is 0.785. The second kappa shape index (κ2) is 7.81. The van der Waals surface area contributed by atoms with E-state index in [1.165, 1.54) is 9.75 Å². The van der Waals surface area contributed by atoms with Crippen LogP contribution < -0.4 is 0 Å². The molecule has 0 bridgehead atoms. The topological polar surface area (TPSA) is 20.3 Å². The quantitative estimate of drug-likeness (QED) is 0.551. The zero-order chi connectivity index (χ0) is 16.1. The minimum Gasteiger partial charge on any atom is -0.337 e. The Morgan fingerprint density at radius 1 is 1.00 bits per heavy atom. The smallest absolute Gasteiger partial charge is 0.255 e. The van der Waals surface area contributed by atoms with Gasteiger partial charge in [-0.25, -0.2) is 0 Å². The van der Waals surface area contributed by atoms with E-state index in [0.717, 1.165) is 16.2 Å². The van der Waals surface area contributed by atoms with Gasteiger partial charge in [-0.05, 0) is 35.0 Å². The third-order valence-corrected chi connectivity index (χ3v) is 6.43. The largest absolute Gasteiger partial charge is 0.337 e. The lowest BCUT2D eigenvalue weighted by Gasteiger charge is -2.18. The van der Waals surface area contributed by atoms with Crippen molar-refractivity contribution in [2.75, 3.05) is 7.05 Å². The number of nitrogens with zero attached hydrogens (tertiary/aromatic N) is 1. The van der Waals surface area contributed by atoms with Crippen LogP contribution in [0.15, 0.2) is 64.2 Å². The van der Waals surface area contributed by atoms with Gasteiger partial charge in [0.15, 0.2) is 0 Å². The van der Waals surface area contributed by atoms with Crippen molar-refractivity contribution >= 4 is 40.3 Å². The Kier molecular flexibility index (Phi) is 5.54. The molecular formula is C18H17NOS3. The molecule has 1 aromatic carbocycles. The third kappa shape index (κ3) is 4.25. The second-order valence-corrected chi connectivity index (χ2v) is 8.19. The van der Waals surface area contributed by atoms with Crippen molar-refractivity contribution in [2.24, 2.45) is 0 Å². The second-order valence-electron chi connectivity index (χ2n) is 5.10. The molecule has 3 aromatic rings. The summed E-state index contributed by atoms with van der Waals surface area (Å²) in [5, 5.41) is 4.13. The maximum absolute atomic E-state index is 12.8. The number of benzene rings is 1. The summed E-state index contributed by atoms with van der Waals surface area (Å²) >= 11 is 5.15. The van der Waals surface area contributed by atoms with E-state index in [0.29, 0.717) is 6.54 Å². The molecule has 0 aliphatic rings. The molecule has 23 heavy (non-hydrogen) atoms. The first-order valence-corrected chi connectivity index (χ1v) is 10.0. The van der Waals surface area contributed by atoms with Crippen molar-refractivity contribution in [2.45, 2.75) is 17.2 Å². The Labute approximate surface area is 148 Å². The van der Waals surface area contributed by atoms with Crippen LogP contribution in [0.3, 0.4) is 0 Å². The van der Waals surface area contributed by atoms with E-state index in [1.54, 1.807) is 39.3 Å². The van der Waals surface area contributed by atoms with Crippen molar-refractivity contribution in [3.05, 3.63) is 74.6 Å². The molecule has 1 amide bonds. The lowest BCUT2D eigenvalue weighted by atomic mass is 10.2. The third-order valence-electron chi connectivity index (χ3n) is 3.39. The standard InChI is InChI=1S/C18H17NOS3/c1-19(12-14-6-4-10-21-14)18(20)16-8-2-3-9-17(16)23-13-15-7-5-11-22-15/h2-11H,12-13H2,1H3. The highest BCUT2D eigenvalue weighted by atomic mass is 32.2. The van der Waals surface area contributed by atoms with E-state index in [4.69, 9.17) is 0 Å². The fourth-order valence-electron chi connectivity index (χ4n) is 2.23. The lowest BCUT2D eigenvalue weighted by molar-refractivity contribution is 0.0783. The maximum atomic E-state index is 12.8. The van der Waals surface area contributed by atoms with Crippen molar-refractivity contribution in [1.29, 1.82) is 0 Å². The first-order valence-electron chi connectivity index (χ1n) is 7.26. The summed E-state index contributed by atoms with van der Waals surface area (Å²) < 4.78 is 0. The average molecular weight is 360 g/mol. The van der Waals surface area contributed by atoms with Gasteiger partial charge in [-0.1, -0.05) is 24.3 Å². The van der Waals surface area contributed by atoms with Gasteiger partial charge >= 0.3 is 0 Å². The zero-order valence-corrected chi connectivity index (χ0v) is 15.2. The normalized spacial score (nSPS) is 10.7. The summed E-state index contributed by atoms with van der Waals surface area (Å²) in [6.07, 6.45) is 0. The predicted octanol–water partition coefficient (Wildman–Crippen LogP) is 5.37. The molecule has 0 fully saturated rings. The monoisotopic (exact) mass is 359 g/mol. The van der Waals surface area contributed by atoms with E-state index < -0.39 is 0 Å². The molecule has 0 spiro atoms. The van der Waals surface area contributed by atoms with Gasteiger partial charge in [0.05, 0.1) is 12.1 Å². The van der Waals surface area contributed by atoms with Gasteiger partial charge in [-0.2, -0.15) is 0 Å². The summed E-state index contributed by atoms with van der Waals surface area (Å²) in [7, 11) is 1.86. The van der Waals surface area contributed by atoms with Crippen molar-refractivity contribution in [3.63, 3.8) is 0 Å². The Bertz CT molecular complexity index is 750. The number of thiophene rings is 2. The average Bonchev–Trinajstić information content (AvgIpc) is 3.26. The van der Waals surface area contributed by atoms with E-state index in [9.17, 15) is 4.79 Å². The van der Waals surface area contributed by atoms with Gasteiger partial charge in [0, 0.05) is 27.5 Å². The summed E-state index contributed by atoms with van der Waals surface area (Å²) in [4.78, 5) is 18.1. The molecule has 0 aliphatic heterocycles. The Morgan fingerprint density at radius 2 is 1.70 bits per heavy atom. The van der Waals surface area contributed by atoms with Crippen LogP contribution in [-0.4, -0.2) is 17.9 Å². The number of amides is 1. The highest BCUT2D eigenvalue weighted by molar-refractivity contribution is 7.98. The molecule has 0 radical (unpaired) electrons. The number of hydrogen-bond donors (Lipinski definition) is 0. The number of carbonyl (C=O) groups excluding carboxylic acids is 1. The van der Waals surface area contributed by atoms with Crippen LogP contribution in [0.25, 0.3) is 0 Å². The minimum absolute atomic E-state index is 0.0766. The van der Waals surface area contributed by atoms with Crippen molar-refractivity contribution < 1.29 is 4.79 Å². The number of carbonyl (C=O) groups is 1. The van der Waals surface area contributed by atoms with Gasteiger partial charge in [0.1, 0.15) is 0 Å². The minimum atomic E-state index is 0.0766. The molecule has 0 aliphatic carbocycles. The highest BCUT2D eigenvalue weighted by Gasteiger charge is 2.16. The van der Waals surface area contributed by atoms with E-state index in [-0.39, 0.29) is 5.91 Å². The molecule has 2 heterocycles. The number of rotatable bonds is 6. The lowest BCUT2D eigenvalue weighted by Crippen LogP contribution is -2.26. The van der Waals surface area contributed by atoms with E-state index >= 15 is 0 Å². The van der Waals surface area contributed by atoms with Crippen LogP contribution in [0.5, 0.6) is 0 Å². The summed E-state index contributed by atoms with van der Waals surface area (Å²) in [5.74, 6) is 0.976. The fraction of sp³-hybridized carbons (Fsp3) is 0.167. The van der Waals surface area contributed by atoms with Crippen LogP contribution in [0.4, 0.5) is 0 Å². The Morgan fingerprint density at radius 3 is 2.39 bits per heavy atom. The highest BCUT2D eigenvalue weighted by Crippen LogP contribution is 2.28. The van der Waals surface area contributed by atoms with Gasteiger partial charge in [0.25, 0.3) is 5.91 Å². The van der Waals surface area contributed by atoms with Gasteiger partial charge in [-0.3, -0.25) is 4.79 Å². The molecule has 2 aromatic heterocycles. The van der Waals surface area contributed by atoms with Crippen LogP contribution in [0, 0.1) is 0 Å². The van der Waals surface area contributed by atoms with Crippen molar-refractivity contribution in [1.82, 2.24) is 4.90 Å². The van der Waals surface area contributed by atoms with Crippen LogP contribution >= 0.6 is 34.4 Å². The molecule has 0 saturated carbocycles. The molecule has 0 saturated heterocycles. The first kappa shape index (κ1) is 16.3. The summed E-state index contributed by atoms with van der Waals surface area (Å²) in [6, 6.07) is 16.1. The Hall–Kier alpha value is -1.56. The van der Waals surface area contributed by atoms with Crippen LogP contribution in [0.2, 0.25) is 0 Å². The van der Waals surface area contributed by atoms with Crippen LogP contribution in [-0.2, 0) is 12.3 Å². The van der Waals surface area contributed by atoms with Crippen LogP contribution in [0.1, 0.15) is 20.1 Å². The molecule has 0 N–H and O–H groups in total. The molecule has 118 valence electrons. The van der Waals surface area contributed by atoms with Crippen molar-refractivity contribution in [3.8, 4) is 0 Å². The Balaban J connectivity index is 1.72. The molecule has 5 heteroatoms. The van der Waals surface area contributed by atoms with Gasteiger partial charge in [0.2, 0.25) is 0 Å². The summed E-state index contributed by atoms with van der Waals surface area (Å²) in [6.45, 7) is 0.653.